The molecule has 0 fully saturated rings. The number of thioether (sulfide) groups is 1. The van der Waals surface area contributed by atoms with Gasteiger partial charge < -0.3 is 10.4 Å². The molecule has 1 rings (SSSR count). The highest BCUT2D eigenvalue weighted by molar-refractivity contribution is 9.10. The van der Waals surface area contributed by atoms with E-state index in [-0.39, 0.29) is 4.75 Å². The number of hydrogen-bond donors (Lipinski definition) is 2. The van der Waals surface area contributed by atoms with Crippen molar-refractivity contribution in [1.82, 2.24) is 5.32 Å². The Hall–Kier alpha value is -0.0300. The third-order valence-electron chi connectivity index (χ3n) is 2.67. The highest BCUT2D eigenvalue weighted by atomic mass is 79.9. The van der Waals surface area contributed by atoms with Crippen LogP contribution < -0.4 is 5.32 Å². The first-order valence-electron chi connectivity index (χ1n) is 5.64. The second-order valence-corrected chi connectivity index (χ2v) is 7.09. The maximum Gasteiger partial charge on any atom is 0.0914 e. The summed E-state index contributed by atoms with van der Waals surface area (Å²) in [7, 11) is 0. The van der Waals surface area contributed by atoms with Crippen LogP contribution in [0.1, 0.15) is 25.5 Å². The number of nitrogens with one attached hydrogen (secondary N) is 1. The largest absolute Gasteiger partial charge is 0.387 e. The highest BCUT2D eigenvalue weighted by Gasteiger charge is 2.16. The Morgan fingerprint density at radius 2 is 2.18 bits per heavy atom. The zero-order valence-electron chi connectivity index (χ0n) is 10.5. The molecule has 0 amide bonds. The molecule has 1 unspecified atom stereocenters. The molecule has 0 radical (unpaired) electrons. The summed E-state index contributed by atoms with van der Waals surface area (Å²) in [5, 5.41) is 13.3. The lowest BCUT2D eigenvalue weighted by Gasteiger charge is -2.23. The number of hydrogen-bond acceptors (Lipinski definition) is 3. The Balaban J connectivity index is 2.42. The minimum absolute atomic E-state index is 0.205. The Bertz CT molecular complexity index is 357. The van der Waals surface area contributed by atoms with Crippen molar-refractivity contribution in [1.29, 1.82) is 0 Å². The first-order chi connectivity index (χ1) is 7.94. The molecule has 0 aliphatic heterocycles. The molecule has 17 heavy (non-hydrogen) atoms. The average molecular weight is 318 g/mol. The van der Waals surface area contributed by atoms with Gasteiger partial charge in [0.15, 0.2) is 0 Å². The van der Waals surface area contributed by atoms with E-state index in [1.807, 2.05) is 36.0 Å². The van der Waals surface area contributed by atoms with Crippen molar-refractivity contribution in [3.8, 4) is 0 Å². The molecule has 0 saturated carbocycles. The molecule has 1 aromatic rings. The average Bonchev–Trinajstić information content (AvgIpc) is 2.28. The molecular formula is C13H20BrNOS. The van der Waals surface area contributed by atoms with Crippen LogP contribution in [0.5, 0.6) is 0 Å². The fourth-order valence-electron chi connectivity index (χ4n) is 1.41. The van der Waals surface area contributed by atoms with Crippen LogP contribution in [0, 0.1) is 0 Å². The van der Waals surface area contributed by atoms with Crippen LogP contribution in [0.4, 0.5) is 0 Å². The van der Waals surface area contributed by atoms with Gasteiger partial charge in [0.2, 0.25) is 0 Å². The molecule has 0 aromatic heterocycles. The lowest BCUT2D eigenvalue weighted by Crippen LogP contribution is -2.34. The standard InChI is InChI=1S/C13H20BrNOS/c1-13(2,17-3)9-15-8-12(16)10-5-4-6-11(14)7-10/h4-7,12,15-16H,8-9H2,1-3H3. The van der Waals surface area contributed by atoms with E-state index in [2.05, 4.69) is 41.3 Å². The van der Waals surface area contributed by atoms with Crippen LogP contribution in [0.2, 0.25) is 0 Å². The molecule has 2 nitrogen and oxygen atoms in total. The van der Waals surface area contributed by atoms with E-state index >= 15 is 0 Å². The van der Waals surface area contributed by atoms with Crippen molar-refractivity contribution < 1.29 is 5.11 Å². The van der Waals surface area contributed by atoms with E-state index in [4.69, 9.17) is 0 Å². The van der Waals surface area contributed by atoms with Crippen LogP contribution in [0.3, 0.4) is 0 Å². The zero-order valence-corrected chi connectivity index (χ0v) is 12.9. The fourth-order valence-corrected chi connectivity index (χ4v) is 2.08. The van der Waals surface area contributed by atoms with Gasteiger partial charge in [-0.25, -0.2) is 0 Å². The monoisotopic (exact) mass is 317 g/mol. The van der Waals surface area contributed by atoms with Crippen molar-refractivity contribution in [3.05, 3.63) is 34.3 Å². The summed E-state index contributed by atoms with van der Waals surface area (Å²) >= 11 is 5.23. The molecule has 0 spiro atoms. The molecule has 4 heteroatoms. The number of aliphatic hydroxyl groups is 1. The molecule has 0 heterocycles. The molecule has 0 aliphatic carbocycles. The minimum atomic E-state index is -0.454. The third kappa shape index (κ3) is 5.42. The van der Waals surface area contributed by atoms with E-state index in [1.54, 1.807) is 0 Å². The van der Waals surface area contributed by atoms with Crippen molar-refractivity contribution in [3.63, 3.8) is 0 Å². The van der Waals surface area contributed by atoms with Crippen LogP contribution in [0.25, 0.3) is 0 Å². The maximum atomic E-state index is 10.0. The summed E-state index contributed by atoms with van der Waals surface area (Å²) in [6.07, 6.45) is 1.65. The van der Waals surface area contributed by atoms with Gasteiger partial charge in [-0.05, 0) is 37.8 Å². The lowest BCUT2D eigenvalue weighted by atomic mass is 10.1. The Morgan fingerprint density at radius 1 is 1.47 bits per heavy atom. The van der Waals surface area contributed by atoms with Gasteiger partial charge in [0, 0.05) is 22.3 Å². The van der Waals surface area contributed by atoms with Gasteiger partial charge in [-0.2, -0.15) is 11.8 Å². The first kappa shape index (κ1) is 15.0. The third-order valence-corrected chi connectivity index (χ3v) is 4.42. The molecule has 1 atom stereocenters. The van der Waals surface area contributed by atoms with E-state index in [0.29, 0.717) is 6.54 Å². The van der Waals surface area contributed by atoms with Crippen molar-refractivity contribution in [2.24, 2.45) is 0 Å². The Morgan fingerprint density at radius 3 is 2.76 bits per heavy atom. The minimum Gasteiger partial charge on any atom is -0.387 e. The second-order valence-electron chi connectivity index (χ2n) is 4.67. The lowest BCUT2D eigenvalue weighted by molar-refractivity contribution is 0.174. The van der Waals surface area contributed by atoms with Crippen molar-refractivity contribution >= 4 is 27.7 Å². The van der Waals surface area contributed by atoms with E-state index < -0.39 is 6.10 Å². The van der Waals surface area contributed by atoms with Gasteiger partial charge in [0.1, 0.15) is 0 Å². The SMILES string of the molecule is CSC(C)(C)CNCC(O)c1cccc(Br)c1. The smallest absolute Gasteiger partial charge is 0.0914 e. The summed E-state index contributed by atoms with van der Waals surface area (Å²) in [4.78, 5) is 0. The number of halogens is 1. The van der Waals surface area contributed by atoms with Crippen molar-refractivity contribution in [2.75, 3.05) is 19.3 Å². The molecular weight excluding hydrogens is 298 g/mol. The van der Waals surface area contributed by atoms with Crippen LogP contribution >= 0.6 is 27.7 Å². The normalized spacial score (nSPS) is 13.7. The highest BCUT2D eigenvalue weighted by Crippen LogP contribution is 2.21. The first-order valence-corrected chi connectivity index (χ1v) is 7.66. The Labute approximate surface area is 116 Å². The predicted octanol–water partition coefficient (Wildman–Crippen LogP) is 3.21. The van der Waals surface area contributed by atoms with Crippen LogP contribution in [0.15, 0.2) is 28.7 Å². The van der Waals surface area contributed by atoms with Gasteiger partial charge in [-0.3, -0.25) is 0 Å². The van der Waals surface area contributed by atoms with Gasteiger partial charge in [-0.1, -0.05) is 28.1 Å². The summed E-state index contributed by atoms with van der Waals surface area (Å²) in [5.41, 5.74) is 0.939. The van der Waals surface area contributed by atoms with Gasteiger partial charge >= 0.3 is 0 Å². The number of benzene rings is 1. The molecule has 96 valence electrons. The molecule has 1 aromatic carbocycles. The Kier molecular flexibility index (Phi) is 6.00. The molecule has 0 aliphatic rings. The summed E-state index contributed by atoms with van der Waals surface area (Å²) in [6, 6.07) is 7.79. The maximum absolute atomic E-state index is 10.0. The summed E-state index contributed by atoms with van der Waals surface area (Å²) in [6.45, 7) is 5.85. The molecule has 0 saturated heterocycles. The quantitative estimate of drug-likeness (QED) is 0.845. The fraction of sp³-hybridized carbons (Fsp3) is 0.538. The molecule has 2 N–H and O–H groups in total. The van der Waals surface area contributed by atoms with Gasteiger partial charge in [-0.15, -0.1) is 0 Å². The number of aliphatic hydroxyl groups excluding tert-OH is 1. The second kappa shape index (κ2) is 6.78. The van der Waals surface area contributed by atoms with E-state index in [1.165, 1.54) is 0 Å². The van der Waals surface area contributed by atoms with E-state index in [9.17, 15) is 5.11 Å². The van der Waals surface area contributed by atoms with Gasteiger partial charge in [0.25, 0.3) is 0 Å². The molecule has 0 bridgehead atoms. The van der Waals surface area contributed by atoms with E-state index in [0.717, 1.165) is 16.6 Å². The zero-order chi connectivity index (χ0) is 12.9. The summed E-state index contributed by atoms with van der Waals surface area (Å²) < 4.78 is 1.20. The predicted molar refractivity (Wildman–Crippen MR) is 79.6 cm³/mol. The van der Waals surface area contributed by atoms with Crippen molar-refractivity contribution in [2.45, 2.75) is 24.7 Å². The van der Waals surface area contributed by atoms with Gasteiger partial charge in [0.05, 0.1) is 6.10 Å². The summed E-state index contributed by atoms with van der Waals surface area (Å²) in [5.74, 6) is 0. The van der Waals surface area contributed by atoms with Crippen LogP contribution in [-0.4, -0.2) is 29.2 Å². The topological polar surface area (TPSA) is 32.3 Å². The van der Waals surface area contributed by atoms with Crippen LogP contribution in [-0.2, 0) is 0 Å². The number of rotatable bonds is 6.